The molecule has 0 aliphatic carbocycles. The summed E-state index contributed by atoms with van der Waals surface area (Å²) in [7, 11) is -3.82. The van der Waals surface area contributed by atoms with E-state index in [1.165, 1.54) is 23.1 Å². The van der Waals surface area contributed by atoms with Crippen LogP contribution in [0.2, 0.25) is 0 Å². The highest BCUT2D eigenvalue weighted by Crippen LogP contribution is 2.19. The number of carboxylic acid groups (broad SMARTS) is 1. The van der Waals surface area contributed by atoms with E-state index in [9.17, 15) is 13.2 Å². The van der Waals surface area contributed by atoms with Crippen molar-refractivity contribution < 1.29 is 22.8 Å². The maximum absolute atomic E-state index is 12.2. The molecule has 2 heterocycles. The van der Waals surface area contributed by atoms with Crippen LogP contribution in [-0.2, 0) is 16.6 Å². The lowest BCUT2D eigenvalue weighted by Gasteiger charge is -2.09. The van der Waals surface area contributed by atoms with Crippen LogP contribution < -0.4 is 4.72 Å². The number of carboxylic acids is 1. The van der Waals surface area contributed by atoms with Gasteiger partial charge in [-0.3, -0.25) is 0 Å². The topological polar surface area (TPSA) is 114 Å². The van der Waals surface area contributed by atoms with Gasteiger partial charge in [0.25, 0.3) is 0 Å². The van der Waals surface area contributed by atoms with Crippen molar-refractivity contribution in [3.8, 4) is 0 Å². The maximum atomic E-state index is 12.2. The lowest BCUT2D eigenvalue weighted by molar-refractivity contribution is 0.0683. The largest absolute Gasteiger partial charge is 0.477 e. The van der Waals surface area contributed by atoms with Gasteiger partial charge >= 0.3 is 5.97 Å². The third-order valence-electron chi connectivity index (χ3n) is 2.84. The molecule has 21 heavy (non-hydrogen) atoms. The molecule has 0 aliphatic rings. The second-order valence-electron chi connectivity index (χ2n) is 4.68. The van der Waals surface area contributed by atoms with Crippen molar-refractivity contribution in [3.63, 3.8) is 0 Å². The van der Waals surface area contributed by atoms with E-state index in [0.717, 1.165) is 6.07 Å². The Morgan fingerprint density at radius 1 is 1.52 bits per heavy atom. The van der Waals surface area contributed by atoms with Crippen molar-refractivity contribution in [3.05, 3.63) is 36.0 Å². The second-order valence-corrected chi connectivity index (χ2v) is 6.45. The van der Waals surface area contributed by atoms with Crippen LogP contribution in [-0.4, -0.2) is 29.2 Å². The van der Waals surface area contributed by atoms with Gasteiger partial charge in [0.15, 0.2) is 0 Å². The summed E-state index contributed by atoms with van der Waals surface area (Å²) < 4.78 is 32.7. The van der Waals surface area contributed by atoms with E-state index < -0.39 is 16.0 Å². The molecule has 0 amide bonds. The van der Waals surface area contributed by atoms with Crippen molar-refractivity contribution in [2.75, 3.05) is 0 Å². The summed E-state index contributed by atoms with van der Waals surface area (Å²) in [6.07, 6.45) is 2.64. The van der Waals surface area contributed by atoms with Gasteiger partial charge in [-0.2, -0.15) is 0 Å². The lowest BCUT2D eigenvalue weighted by atomic mass is 10.3. The Labute approximate surface area is 121 Å². The van der Waals surface area contributed by atoms with Crippen molar-refractivity contribution in [2.24, 2.45) is 0 Å². The van der Waals surface area contributed by atoms with Crippen molar-refractivity contribution in [1.82, 2.24) is 14.4 Å². The minimum absolute atomic E-state index is 0.0336. The zero-order valence-corrected chi connectivity index (χ0v) is 12.3. The lowest BCUT2D eigenvalue weighted by Crippen LogP contribution is -2.23. The van der Waals surface area contributed by atoms with Gasteiger partial charge in [-0.1, -0.05) is 5.16 Å². The average molecular weight is 313 g/mol. The number of sulfonamides is 1. The van der Waals surface area contributed by atoms with Crippen LogP contribution in [0.3, 0.4) is 0 Å². The van der Waals surface area contributed by atoms with Crippen LogP contribution in [0.1, 0.15) is 36.1 Å². The van der Waals surface area contributed by atoms with Gasteiger partial charge in [0.05, 0.1) is 12.2 Å². The van der Waals surface area contributed by atoms with Gasteiger partial charge in [-0.25, -0.2) is 17.9 Å². The molecule has 0 spiro atoms. The van der Waals surface area contributed by atoms with Gasteiger partial charge in [-0.05, 0) is 19.9 Å². The fourth-order valence-corrected chi connectivity index (χ4v) is 2.80. The first-order chi connectivity index (χ1) is 9.81. The molecule has 0 fully saturated rings. The first-order valence-electron chi connectivity index (χ1n) is 6.15. The third-order valence-corrected chi connectivity index (χ3v) is 4.21. The Kier molecular flexibility index (Phi) is 4.14. The molecule has 0 radical (unpaired) electrons. The van der Waals surface area contributed by atoms with Gasteiger partial charge in [-0.15, -0.1) is 0 Å². The van der Waals surface area contributed by atoms with Crippen molar-refractivity contribution in [1.29, 1.82) is 0 Å². The Bertz CT molecular complexity index is 731. The maximum Gasteiger partial charge on any atom is 0.352 e. The molecule has 2 N–H and O–H groups in total. The van der Waals surface area contributed by atoms with Gasteiger partial charge in [0.2, 0.25) is 10.0 Å². The zero-order valence-electron chi connectivity index (χ0n) is 11.5. The molecule has 2 aromatic rings. The molecule has 0 atom stereocenters. The summed E-state index contributed by atoms with van der Waals surface area (Å²) in [6.45, 7) is 3.51. The van der Waals surface area contributed by atoms with E-state index in [4.69, 9.17) is 5.11 Å². The Balaban J connectivity index is 2.27. The van der Waals surface area contributed by atoms with Crippen molar-refractivity contribution in [2.45, 2.75) is 31.3 Å². The fourth-order valence-electron chi connectivity index (χ4n) is 1.78. The van der Waals surface area contributed by atoms with Crippen LogP contribution >= 0.6 is 0 Å². The molecule has 0 bridgehead atoms. The van der Waals surface area contributed by atoms with E-state index in [0.29, 0.717) is 5.69 Å². The highest BCUT2D eigenvalue weighted by Gasteiger charge is 2.22. The molecule has 114 valence electrons. The number of rotatable bonds is 6. The molecule has 0 aromatic carbocycles. The van der Waals surface area contributed by atoms with E-state index in [1.54, 1.807) is 13.8 Å². The molecule has 2 rings (SSSR count). The first-order valence-corrected chi connectivity index (χ1v) is 7.63. The molecule has 8 nitrogen and oxygen atoms in total. The summed E-state index contributed by atoms with van der Waals surface area (Å²) in [5.74, 6) is -1.18. The Morgan fingerprint density at radius 2 is 2.24 bits per heavy atom. The standard InChI is InChI=1S/C12H15N3O5S/c1-8(2)15-7-10(5-11(15)12(16)17)21(18,19)13-6-9-3-4-20-14-9/h3-5,7-8,13H,6H2,1-2H3,(H,16,17). The molecule has 0 saturated carbocycles. The second kappa shape index (κ2) is 5.70. The van der Waals surface area contributed by atoms with Crippen molar-refractivity contribution >= 4 is 16.0 Å². The molecular weight excluding hydrogens is 298 g/mol. The van der Waals surface area contributed by atoms with Crippen LogP contribution in [0, 0.1) is 0 Å². The summed E-state index contributed by atoms with van der Waals surface area (Å²) in [4.78, 5) is 11.1. The predicted molar refractivity (Wildman–Crippen MR) is 72.3 cm³/mol. The molecule has 2 aromatic heterocycles. The number of nitrogens with zero attached hydrogens (tertiary/aromatic N) is 2. The fraction of sp³-hybridized carbons (Fsp3) is 0.333. The summed E-state index contributed by atoms with van der Waals surface area (Å²) in [6, 6.07) is 2.49. The number of hydrogen-bond donors (Lipinski definition) is 2. The number of aromatic carboxylic acids is 1. The SMILES string of the molecule is CC(C)n1cc(S(=O)(=O)NCc2ccon2)cc1C(=O)O. The van der Waals surface area contributed by atoms with Gasteiger partial charge < -0.3 is 14.2 Å². The molecule has 0 aliphatic heterocycles. The number of aromatic nitrogens is 2. The van der Waals surface area contributed by atoms with E-state index >= 15 is 0 Å². The van der Waals surface area contributed by atoms with Gasteiger partial charge in [0.1, 0.15) is 16.9 Å². The Hall–Kier alpha value is -2.13. The first kappa shape index (κ1) is 15.3. The highest BCUT2D eigenvalue weighted by atomic mass is 32.2. The molecular formula is C12H15N3O5S. The number of nitrogens with one attached hydrogen (secondary N) is 1. The molecule has 0 saturated heterocycles. The summed E-state index contributed by atoms with van der Waals surface area (Å²) in [5.41, 5.74) is 0.354. The van der Waals surface area contributed by atoms with Crippen LogP contribution in [0.5, 0.6) is 0 Å². The van der Waals surface area contributed by atoms with Crippen LogP contribution in [0.25, 0.3) is 0 Å². The quantitative estimate of drug-likeness (QED) is 0.829. The van der Waals surface area contributed by atoms with E-state index in [2.05, 4.69) is 14.4 Å². The average Bonchev–Trinajstić information content (AvgIpc) is 3.06. The molecule has 9 heteroatoms. The zero-order chi connectivity index (χ0) is 15.6. The predicted octanol–water partition coefficient (Wildman–Crippen LogP) is 1.23. The monoisotopic (exact) mass is 313 g/mol. The summed E-state index contributed by atoms with van der Waals surface area (Å²) >= 11 is 0. The minimum Gasteiger partial charge on any atom is -0.477 e. The summed E-state index contributed by atoms with van der Waals surface area (Å²) in [5, 5.41) is 12.7. The smallest absolute Gasteiger partial charge is 0.352 e. The highest BCUT2D eigenvalue weighted by molar-refractivity contribution is 7.89. The number of carbonyl (C=O) groups is 1. The minimum atomic E-state index is -3.82. The van der Waals surface area contributed by atoms with Crippen LogP contribution in [0.15, 0.2) is 34.0 Å². The van der Waals surface area contributed by atoms with Gasteiger partial charge in [0, 0.05) is 18.3 Å². The van der Waals surface area contributed by atoms with E-state index in [-0.39, 0.29) is 23.2 Å². The van der Waals surface area contributed by atoms with Crippen LogP contribution in [0.4, 0.5) is 0 Å². The molecule has 0 unspecified atom stereocenters. The number of hydrogen-bond acceptors (Lipinski definition) is 5. The normalized spacial score (nSPS) is 12.0. The van der Waals surface area contributed by atoms with E-state index in [1.807, 2.05) is 0 Å². The third kappa shape index (κ3) is 3.31. The Morgan fingerprint density at radius 3 is 2.71 bits per heavy atom.